The van der Waals surface area contributed by atoms with Gasteiger partial charge in [-0.2, -0.15) is 0 Å². The van der Waals surface area contributed by atoms with E-state index in [-0.39, 0.29) is 29.7 Å². The van der Waals surface area contributed by atoms with Gasteiger partial charge in [0, 0.05) is 50.9 Å². The van der Waals surface area contributed by atoms with Crippen LogP contribution in [0.5, 0.6) is 5.75 Å². The summed E-state index contributed by atoms with van der Waals surface area (Å²) in [4.78, 5) is 43.4. The van der Waals surface area contributed by atoms with Crippen LogP contribution in [0.4, 0.5) is 0 Å². The third-order valence-corrected chi connectivity index (χ3v) is 7.17. The number of halogens is 1. The number of hydrogen-bond donors (Lipinski definition) is 0. The zero-order valence-electron chi connectivity index (χ0n) is 19.5. The van der Waals surface area contributed by atoms with Gasteiger partial charge >= 0.3 is 0 Å². The van der Waals surface area contributed by atoms with Gasteiger partial charge in [-0.15, -0.1) is 0 Å². The summed E-state index contributed by atoms with van der Waals surface area (Å²) in [5.74, 6) is -0.0779. The summed E-state index contributed by atoms with van der Waals surface area (Å²) >= 11 is 6.25. The Morgan fingerprint density at radius 2 is 1.57 bits per heavy atom. The summed E-state index contributed by atoms with van der Waals surface area (Å²) < 4.78 is 7.12. The van der Waals surface area contributed by atoms with Crippen LogP contribution in [0.1, 0.15) is 37.5 Å². The molecular formula is C27H26ClN3O4. The van der Waals surface area contributed by atoms with Crippen molar-refractivity contribution >= 4 is 23.4 Å². The fourth-order valence-corrected chi connectivity index (χ4v) is 5.19. The molecule has 5 rings (SSSR count). The molecule has 0 atom stereocenters. The third kappa shape index (κ3) is 4.32. The van der Waals surface area contributed by atoms with Gasteiger partial charge < -0.3 is 19.1 Å². The van der Waals surface area contributed by atoms with Crippen molar-refractivity contribution in [1.29, 1.82) is 0 Å². The van der Waals surface area contributed by atoms with Gasteiger partial charge in [-0.05, 0) is 29.7 Å². The average Bonchev–Trinajstić information content (AvgIpc) is 3.11. The molecule has 0 unspecified atom stereocenters. The lowest BCUT2D eigenvalue weighted by molar-refractivity contribution is 0.0728. The van der Waals surface area contributed by atoms with Crippen LogP contribution >= 0.6 is 11.6 Å². The number of methoxy groups -OCH3 is 1. The molecule has 3 heterocycles. The number of fused-ring (bicyclic) bond motifs is 2. The van der Waals surface area contributed by atoms with Gasteiger partial charge in [0.05, 0.1) is 17.7 Å². The summed E-state index contributed by atoms with van der Waals surface area (Å²) in [5.41, 5.74) is 3.56. The number of nitrogens with zero attached hydrogens (tertiary/aromatic N) is 3. The van der Waals surface area contributed by atoms with Crippen molar-refractivity contribution in [2.24, 2.45) is 0 Å². The molecule has 35 heavy (non-hydrogen) atoms. The summed E-state index contributed by atoms with van der Waals surface area (Å²) in [6.45, 7) is 2.09. The molecule has 0 saturated carbocycles. The lowest BCUT2D eigenvalue weighted by atomic mass is 9.98. The monoisotopic (exact) mass is 491 g/mol. The first-order chi connectivity index (χ1) is 17.0. The quantitative estimate of drug-likeness (QED) is 0.563. The van der Waals surface area contributed by atoms with E-state index in [9.17, 15) is 14.4 Å². The minimum absolute atomic E-state index is 0.161. The molecule has 1 aromatic heterocycles. The summed E-state index contributed by atoms with van der Waals surface area (Å²) in [6.07, 6.45) is 1.13. The second-order valence-corrected chi connectivity index (χ2v) is 9.20. The van der Waals surface area contributed by atoms with E-state index in [0.717, 1.165) is 12.0 Å². The predicted octanol–water partition coefficient (Wildman–Crippen LogP) is 3.41. The molecule has 2 aliphatic rings. The van der Waals surface area contributed by atoms with Crippen molar-refractivity contribution < 1.29 is 14.3 Å². The van der Waals surface area contributed by atoms with Gasteiger partial charge in [0.25, 0.3) is 17.4 Å². The first-order valence-corrected chi connectivity index (χ1v) is 12.1. The van der Waals surface area contributed by atoms with Gasteiger partial charge in [0.1, 0.15) is 11.3 Å². The van der Waals surface area contributed by atoms with Crippen LogP contribution in [0.2, 0.25) is 5.02 Å². The molecule has 7 nitrogen and oxygen atoms in total. The van der Waals surface area contributed by atoms with Crippen molar-refractivity contribution in [1.82, 2.24) is 14.4 Å². The number of benzene rings is 2. The number of rotatable bonds is 3. The Balaban J connectivity index is 1.47. The molecule has 0 fully saturated rings. The average molecular weight is 492 g/mol. The molecule has 0 saturated heterocycles. The number of hydrogen-bond acceptors (Lipinski definition) is 4. The maximum Gasteiger partial charge on any atom is 0.259 e. The van der Waals surface area contributed by atoms with Crippen molar-refractivity contribution in [2.75, 3.05) is 26.7 Å². The molecule has 0 spiro atoms. The van der Waals surface area contributed by atoms with Crippen LogP contribution < -0.4 is 10.3 Å². The Kier molecular flexibility index (Phi) is 6.34. The SMILES string of the molecule is COc1cc(=O)n2c(c1C(=O)N1CCc3ccccc3C1)CCN(C(=O)c1ccccc1Cl)CC2. The number of ether oxygens (including phenoxy) is 1. The fourth-order valence-electron chi connectivity index (χ4n) is 4.98. The minimum Gasteiger partial charge on any atom is -0.496 e. The summed E-state index contributed by atoms with van der Waals surface area (Å²) in [5, 5.41) is 0.388. The Hall–Kier alpha value is -3.58. The van der Waals surface area contributed by atoms with Gasteiger partial charge in [0.2, 0.25) is 0 Å². The first-order valence-electron chi connectivity index (χ1n) is 11.7. The molecule has 2 amide bonds. The van der Waals surface area contributed by atoms with Crippen LogP contribution in [-0.4, -0.2) is 52.9 Å². The topological polar surface area (TPSA) is 71.8 Å². The van der Waals surface area contributed by atoms with Crippen LogP contribution in [0.3, 0.4) is 0 Å². The molecule has 0 radical (unpaired) electrons. The Bertz CT molecular complexity index is 1370. The largest absolute Gasteiger partial charge is 0.496 e. The highest BCUT2D eigenvalue weighted by Gasteiger charge is 2.31. The molecule has 3 aromatic rings. The molecule has 0 N–H and O–H groups in total. The number of aromatic nitrogens is 1. The van der Waals surface area contributed by atoms with Gasteiger partial charge in [-0.3, -0.25) is 14.4 Å². The van der Waals surface area contributed by atoms with E-state index in [0.29, 0.717) is 54.4 Å². The van der Waals surface area contributed by atoms with E-state index in [1.807, 2.05) is 23.1 Å². The van der Waals surface area contributed by atoms with Crippen molar-refractivity contribution in [3.63, 3.8) is 0 Å². The normalized spacial score (nSPS) is 15.1. The lowest BCUT2D eigenvalue weighted by Crippen LogP contribution is -2.38. The third-order valence-electron chi connectivity index (χ3n) is 6.84. The second kappa shape index (κ2) is 9.58. The predicted molar refractivity (Wildman–Crippen MR) is 133 cm³/mol. The summed E-state index contributed by atoms with van der Waals surface area (Å²) in [7, 11) is 1.47. The molecule has 2 aliphatic heterocycles. The molecule has 2 aromatic carbocycles. The molecular weight excluding hydrogens is 466 g/mol. The minimum atomic E-state index is -0.246. The first kappa shape index (κ1) is 23.2. The smallest absolute Gasteiger partial charge is 0.259 e. The Labute approximate surface area is 208 Å². The van der Waals surface area contributed by atoms with Crippen LogP contribution in [-0.2, 0) is 25.9 Å². The summed E-state index contributed by atoms with van der Waals surface area (Å²) in [6, 6.07) is 16.4. The molecule has 8 heteroatoms. The highest BCUT2D eigenvalue weighted by Crippen LogP contribution is 2.28. The molecule has 180 valence electrons. The number of amides is 2. The Morgan fingerprint density at radius 3 is 2.34 bits per heavy atom. The van der Waals surface area contributed by atoms with Crippen molar-refractivity contribution in [3.05, 3.63) is 97.9 Å². The lowest BCUT2D eigenvalue weighted by Gasteiger charge is -2.30. The highest BCUT2D eigenvalue weighted by atomic mass is 35.5. The second-order valence-electron chi connectivity index (χ2n) is 8.79. The molecule has 0 aliphatic carbocycles. The highest BCUT2D eigenvalue weighted by molar-refractivity contribution is 6.33. The van der Waals surface area contributed by atoms with E-state index in [1.54, 1.807) is 33.7 Å². The van der Waals surface area contributed by atoms with Crippen LogP contribution in [0.15, 0.2) is 59.4 Å². The van der Waals surface area contributed by atoms with E-state index in [2.05, 4.69) is 6.07 Å². The zero-order chi connectivity index (χ0) is 24.5. The van der Waals surface area contributed by atoms with E-state index in [1.165, 1.54) is 18.7 Å². The number of carbonyl (C=O) groups is 2. The van der Waals surface area contributed by atoms with E-state index < -0.39 is 0 Å². The van der Waals surface area contributed by atoms with E-state index >= 15 is 0 Å². The van der Waals surface area contributed by atoms with Gasteiger partial charge in [0.15, 0.2) is 0 Å². The number of pyridine rings is 1. The van der Waals surface area contributed by atoms with Crippen molar-refractivity contribution in [2.45, 2.75) is 25.9 Å². The van der Waals surface area contributed by atoms with Gasteiger partial charge in [-0.25, -0.2) is 0 Å². The Morgan fingerprint density at radius 1 is 0.857 bits per heavy atom. The van der Waals surface area contributed by atoms with Gasteiger partial charge in [-0.1, -0.05) is 48.0 Å². The van der Waals surface area contributed by atoms with E-state index in [4.69, 9.17) is 16.3 Å². The molecule has 0 bridgehead atoms. The fraction of sp³-hybridized carbons (Fsp3) is 0.296. The maximum atomic E-state index is 13.8. The van der Waals surface area contributed by atoms with Crippen LogP contribution in [0, 0.1) is 0 Å². The zero-order valence-corrected chi connectivity index (χ0v) is 20.3. The standard InChI is InChI=1S/C27H26ClN3O4/c1-35-23-16-24(32)31-15-14-29(26(33)20-8-4-5-9-21(20)28)13-11-22(31)25(23)27(34)30-12-10-18-6-2-3-7-19(18)17-30/h2-9,16H,10-15,17H2,1H3. The number of carbonyl (C=O) groups excluding carboxylic acids is 2. The maximum absolute atomic E-state index is 13.8. The van der Waals surface area contributed by atoms with Crippen LogP contribution in [0.25, 0.3) is 0 Å². The van der Waals surface area contributed by atoms with Crippen molar-refractivity contribution in [3.8, 4) is 5.75 Å².